The molecular weight excluding hydrogens is 272 g/mol. The smallest absolute Gasteiger partial charge is 0.356 e. The predicted molar refractivity (Wildman–Crippen MR) is 74.9 cm³/mol. The number of hydrogen-bond donors (Lipinski definition) is 2. The summed E-state index contributed by atoms with van der Waals surface area (Å²) >= 11 is 0. The van der Waals surface area contributed by atoms with Crippen molar-refractivity contribution in [2.45, 2.75) is 6.54 Å². The normalized spacial score (nSPS) is 9.95. The van der Waals surface area contributed by atoms with Crippen LogP contribution in [0.3, 0.4) is 0 Å². The van der Waals surface area contributed by atoms with Gasteiger partial charge in [0, 0.05) is 6.54 Å². The molecule has 1 amide bonds. The van der Waals surface area contributed by atoms with Crippen LogP contribution in [0.15, 0.2) is 42.5 Å². The Morgan fingerprint density at radius 1 is 1.14 bits per heavy atom. The topological polar surface area (TPSA) is 88.5 Å². The fraction of sp³-hybridized carbons (Fsp3) is 0.133. The molecule has 0 aliphatic carbocycles. The first-order valence-corrected chi connectivity index (χ1v) is 6.21. The number of carbonyl (C=O) groups is 2. The molecule has 0 fully saturated rings. The number of esters is 1. The number of benzene rings is 1. The average Bonchev–Trinajstić information content (AvgIpc) is 2.53. The Morgan fingerprint density at radius 3 is 2.48 bits per heavy atom. The van der Waals surface area contributed by atoms with Gasteiger partial charge < -0.3 is 15.2 Å². The third-order valence-electron chi connectivity index (χ3n) is 2.77. The van der Waals surface area contributed by atoms with Gasteiger partial charge in [0.25, 0.3) is 5.91 Å². The lowest BCUT2D eigenvalue weighted by Gasteiger charge is -2.06. The molecule has 0 unspecified atom stereocenters. The molecule has 108 valence electrons. The van der Waals surface area contributed by atoms with E-state index in [2.05, 4.69) is 15.0 Å². The highest BCUT2D eigenvalue weighted by molar-refractivity contribution is 5.94. The highest BCUT2D eigenvalue weighted by atomic mass is 16.5. The lowest BCUT2D eigenvalue weighted by molar-refractivity contribution is 0.0594. The van der Waals surface area contributed by atoms with Crippen molar-refractivity contribution in [1.82, 2.24) is 10.3 Å². The average molecular weight is 286 g/mol. The van der Waals surface area contributed by atoms with Gasteiger partial charge in [0.2, 0.25) is 0 Å². The van der Waals surface area contributed by atoms with Gasteiger partial charge in [0.05, 0.1) is 7.11 Å². The number of phenolic OH excluding ortho intramolecular Hbond substituents is 1. The molecule has 0 saturated heterocycles. The fourth-order valence-corrected chi connectivity index (χ4v) is 1.67. The minimum atomic E-state index is -0.594. The van der Waals surface area contributed by atoms with Crippen molar-refractivity contribution in [2.24, 2.45) is 0 Å². The number of hydrogen-bond acceptors (Lipinski definition) is 5. The van der Waals surface area contributed by atoms with Crippen LogP contribution in [0.2, 0.25) is 0 Å². The van der Waals surface area contributed by atoms with E-state index < -0.39 is 11.9 Å². The molecule has 0 radical (unpaired) electrons. The van der Waals surface area contributed by atoms with Gasteiger partial charge in [0.15, 0.2) is 0 Å². The summed E-state index contributed by atoms with van der Waals surface area (Å²) in [5.41, 5.74) is 1.05. The standard InChI is InChI=1S/C15H14N2O4/c1-21-15(20)13-4-2-3-12(17-13)14(19)16-9-10-5-7-11(18)8-6-10/h2-8,18H,9H2,1H3,(H,16,19). The van der Waals surface area contributed by atoms with Gasteiger partial charge in [-0.2, -0.15) is 0 Å². The Labute approximate surface area is 121 Å². The van der Waals surface area contributed by atoms with Gasteiger partial charge in [-0.15, -0.1) is 0 Å². The first-order valence-electron chi connectivity index (χ1n) is 6.21. The molecule has 0 atom stereocenters. The van der Waals surface area contributed by atoms with Crippen LogP contribution in [0.1, 0.15) is 26.5 Å². The summed E-state index contributed by atoms with van der Waals surface area (Å²) in [6.45, 7) is 0.295. The lowest BCUT2D eigenvalue weighted by Crippen LogP contribution is -2.24. The number of aromatic nitrogens is 1. The van der Waals surface area contributed by atoms with Crippen LogP contribution < -0.4 is 5.32 Å². The second-order valence-corrected chi connectivity index (χ2v) is 4.25. The zero-order valence-electron chi connectivity index (χ0n) is 11.4. The van der Waals surface area contributed by atoms with Gasteiger partial charge in [-0.25, -0.2) is 9.78 Å². The van der Waals surface area contributed by atoms with Crippen molar-refractivity contribution in [1.29, 1.82) is 0 Å². The number of methoxy groups -OCH3 is 1. The maximum absolute atomic E-state index is 12.0. The number of nitrogens with zero attached hydrogens (tertiary/aromatic N) is 1. The summed E-state index contributed by atoms with van der Waals surface area (Å²) in [6, 6.07) is 11.0. The van der Waals surface area contributed by atoms with Crippen LogP contribution in [-0.4, -0.2) is 29.1 Å². The predicted octanol–water partition coefficient (Wildman–Crippen LogP) is 1.50. The summed E-state index contributed by atoms with van der Waals surface area (Å²) in [7, 11) is 1.25. The number of ether oxygens (including phenoxy) is 1. The monoisotopic (exact) mass is 286 g/mol. The number of phenols is 1. The van der Waals surface area contributed by atoms with Gasteiger partial charge in [-0.05, 0) is 29.8 Å². The van der Waals surface area contributed by atoms with E-state index in [0.717, 1.165) is 5.56 Å². The summed E-state index contributed by atoms with van der Waals surface area (Å²) < 4.78 is 4.55. The number of pyridine rings is 1. The Hall–Kier alpha value is -2.89. The number of carbonyl (C=O) groups excluding carboxylic acids is 2. The van der Waals surface area contributed by atoms with Gasteiger partial charge in [-0.1, -0.05) is 18.2 Å². The summed E-state index contributed by atoms with van der Waals surface area (Å²) in [4.78, 5) is 27.3. The van der Waals surface area contributed by atoms with Gasteiger partial charge >= 0.3 is 5.97 Å². The first kappa shape index (κ1) is 14.5. The minimum absolute atomic E-state index is 0.0785. The summed E-state index contributed by atoms with van der Waals surface area (Å²) in [6.07, 6.45) is 0. The molecule has 0 bridgehead atoms. The third kappa shape index (κ3) is 3.79. The molecule has 0 saturated carbocycles. The lowest BCUT2D eigenvalue weighted by atomic mass is 10.2. The van der Waals surface area contributed by atoms with Crippen molar-refractivity contribution in [3.63, 3.8) is 0 Å². The molecular formula is C15H14N2O4. The van der Waals surface area contributed by atoms with E-state index in [0.29, 0.717) is 6.54 Å². The van der Waals surface area contributed by atoms with Gasteiger partial charge in [-0.3, -0.25) is 4.79 Å². The van der Waals surface area contributed by atoms with Crippen molar-refractivity contribution in [3.05, 3.63) is 59.4 Å². The number of rotatable bonds is 4. The Kier molecular flexibility index (Phi) is 4.50. The molecule has 2 N–H and O–H groups in total. The van der Waals surface area contributed by atoms with Crippen LogP contribution in [0.4, 0.5) is 0 Å². The molecule has 0 aliphatic heterocycles. The quantitative estimate of drug-likeness (QED) is 0.832. The van der Waals surface area contributed by atoms with Crippen LogP contribution in [-0.2, 0) is 11.3 Å². The van der Waals surface area contributed by atoms with Crippen LogP contribution in [0.25, 0.3) is 0 Å². The largest absolute Gasteiger partial charge is 0.508 e. The van der Waals surface area contributed by atoms with Crippen molar-refractivity contribution in [2.75, 3.05) is 7.11 Å². The molecule has 2 aromatic rings. The molecule has 1 heterocycles. The Morgan fingerprint density at radius 2 is 1.81 bits per heavy atom. The molecule has 2 rings (SSSR count). The minimum Gasteiger partial charge on any atom is -0.508 e. The SMILES string of the molecule is COC(=O)c1cccc(C(=O)NCc2ccc(O)cc2)n1. The van der Waals surface area contributed by atoms with E-state index in [1.54, 1.807) is 18.2 Å². The van der Waals surface area contributed by atoms with Crippen LogP contribution in [0.5, 0.6) is 5.75 Å². The highest BCUT2D eigenvalue weighted by Gasteiger charge is 2.12. The molecule has 0 spiro atoms. The molecule has 0 aliphatic rings. The maximum Gasteiger partial charge on any atom is 0.356 e. The zero-order valence-corrected chi connectivity index (χ0v) is 11.4. The van der Waals surface area contributed by atoms with E-state index in [1.807, 2.05) is 0 Å². The van der Waals surface area contributed by atoms with Crippen molar-refractivity contribution >= 4 is 11.9 Å². The van der Waals surface area contributed by atoms with Crippen LogP contribution in [0, 0.1) is 0 Å². The highest BCUT2D eigenvalue weighted by Crippen LogP contribution is 2.09. The molecule has 6 nitrogen and oxygen atoms in total. The molecule has 21 heavy (non-hydrogen) atoms. The zero-order chi connectivity index (χ0) is 15.2. The van der Waals surface area contributed by atoms with Crippen LogP contribution >= 0.6 is 0 Å². The van der Waals surface area contributed by atoms with Crippen molar-refractivity contribution in [3.8, 4) is 5.75 Å². The van der Waals surface area contributed by atoms with E-state index in [-0.39, 0.29) is 17.1 Å². The van der Waals surface area contributed by atoms with E-state index in [9.17, 15) is 14.7 Å². The first-order chi connectivity index (χ1) is 10.1. The Bertz CT molecular complexity index is 653. The molecule has 1 aromatic carbocycles. The maximum atomic E-state index is 12.0. The Balaban J connectivity index is 2.03. The number of amides is 1. The van der Waals surface area contributed by atoms with E-state index in [1.165, 1.54) is 31.4 Å². The van der Waals surface area contributed by atoms with E-state index >= 15 is 0 Å². The third-order valence-corrected chi connectivity index (χ3v) is 2.77. The molecule has 1 aromatic heterocycles. The summed E-state index contributed by atoms with van der Waals surface area (Å²) in [5.74, 6) is -0.825. The number of nitrogens with one attached hydrogen (secondary N) is 1. The summed E-state index contributed by atoms with van der Waals surface area (Å²) in [5, 5.41) is 11.9. The number of aromatic hydroxyl groups is 1. The molecule has 6 heteroatoms. The van der Waals surface area contributed by atoms with Gasteiger partial charge in [0.1, 0.15) is 17.1 Å². The van der Waals surface area contributed by atoms with E-state index in [4.69, 9.17) is 0 Å². The van der Waals surface area contributed by atoms with Crippen molar-refractivity contribution < 1.29 is 19.4 Å². The fourth-order valence-electron chi connectivity index (χ4n) is 1.67. The second-order valence-electron chi connectivity index (χ2n) is 4.25. The second kappa shape index (κ2) is 6.51.